The summed E-state index contributed by atoms with van der Waals surface area (Å²) in [5, 5.41) is 1.16. The number of fused-ring (bicyclic) bond motifs is 1. The average molecular weight is 337 g/mol. The van der Waals surface area contributed by atoms with Crippen LogP contribution in [-0.2, 0) is 9.47 Å². The maximum Gasteiger partial charge on any atom is 0.109 e. The molecule has 3 rings (SSSR count). The lowest BCUT2D eigenvalue weighted by molar-refractivity contribution is -0.0497. The zero-order chi connectivity index (χ0) is 15.7. The number of methoxy groups -OCH3 is 2. The van der Waals surface area contributed by atoms with Crippen LogP contribution in [0.5, 0.6) is 0 Å². The Morgan fingerprint density at radius 2 is 1.64 bits per heavy atom. The SMILES string of the molecule is CO[C@H]1C[C@@H](c2ccc(Cl)c(Cl)c2)c2ccccc2[C@@H]1OC. The topological polar surface area (TPSA) is 18.5 Å². The highest BCUT2D eigenvalue weighted by Crippen LogP contribution is 2.44. The highest BCUT2D eigenvalue weighted by Gasteiger charge is 2.35. The third-order valence-corrected chi connectivity index (χ3v) is 5.13. The number of halogens is 2. The minimum atomic E-state index is -0.0415. The molecule has 0 saturated heterocycles. The van der Waals surface area contributed by atoms with Gasteiger partial charge in [0, 0.05) is 20.1 Å². The summed E-state index contributed by atoms with van der Waals surface area (Å²) in [6.07, 6.45) is 0.823. The maximum absolute atomic E-state index is 6.20. The third kappa shape index (κ3) is 2.77. The van der Waals surface area contributed by atoms with E-state index in [1.165, 1.54) is 11.1 Å². The predicted octanol–water partition coefficient (Wildman–Crippen LogP) is 5.23. The molecule has 0 spiro atoms. The van der Waals surface area contributed by atoms with E-state index in [2.05, 4.69) is 18.2 Å². The molecule has 2 aromatic carbocycles. The first kappa shape index (κ1) is 15.8. The molecule has 0 aromatic heterocycles. The fourth-order valence-electron chi connectivity index (χ4n) is 3.31. The Morgan fingerprint density at radius 1 is 0.909 bits per heavy atom. The first-order valence-corrected chi connectivity index (χ1v) is 8.00. The molecule has 1 aliphatic rings. The molecule has 2 nitrogen and oxygen atoms in total. The summed E-state index contributed by atoms with van der Waals surface area (Å²) < 4.78 is 11.3. The van der Waals surface area contributed by atoms with E-state index in [0.717, 1.165) is 12.0 Å². The van der Waals surface area contributed by atoms with Gasteiger partial charge in [0.15, 0.2) is 0 Å². The summed E-state index contributed by atoms with van der Waals surface area (Å²) >= 11 is 12.2. The van der Waals surface area contributed by atoms with Gasteiger partial charge in [-0.25, -0.2) is 0 Å². The van der Waals surface area contributed by atoms with Crippen molar-refractivity contribution in [2.75, 3.05) is 14.2 Å². The lowest BCUT2D eigenvalue weighted by Gasteiger charge is -2.36. The van der Waals surface area contributed by atoms with Crippen LogP contribution in [0.15, 0.2) is 42.5 Å². The molecular formula is C18H18Cl2O2. The smallest absolute Gasteiger partial charge is 0.109 e. The first-order chi connectivity index (χ1) is 10.7. The Bertz CT molecular complexity index is 672. The Balaban J connectivity index is 2.09. The van der Waals surface area contributed by atoms with E-state index in [1.807, 2.05) is 24.3 Å². The average Bonchev–Trinajstić information content (AvgIpc) is 2.55. The largest absolute Gasteiger partial charge is 0.378 e. The standard InChI is InChI=1S/C18H18Cl2O2/c1-21-17-10-14(11-7-8-15(19)16(20)9-11)12-5-3-4-6-13(12)18(17)22-2/h3-9,14,17-18H,10H2,1-2H3/t14-,17-,18-/m0/s1. The van der Waals surface area contributed by atoms with Crippen molar-refractivity contribution < 1.29 is 9.47 Å². The first-order valence-electron chi connectivity index (χ1n) is 7.25. The molecule has 0 amide bonds. The van der Waals surface area contributed by atoms with Crippen LogP contribution in [0, 0.1) is 0 Å². The van der Waals surface area contributed by atoms with Crippen LogP contribution < -0.4 is 0 Å². The van der Waals surface area contributed by atoms with Gasteiger partial charge in [0.25, 0.3) is 0 Å². The quantitative estimate of drug-likeness (QED) is 0.763. The predicted molar refractivity (Wildman–Crippen MR) is 89.9 cm³/mol. The molecule has 0 N–H and O–H groups in total. The second-order valence-electron chi connectivity index (χ2n) is 5.52. The van der Waals surface area contributed by atoms with E-state index in [9.17, 15) is 0 Å². The molecule has 116 valence electrons. The molecule has 0 saturated carbocycles. The Kier molecular flexibility index (Phi) is 4.74. The number of hydrogen-bond acceptors (Lipinski definition) is 2. The molecule has 0 heterocycles. The summed E-state index contributed by atoms with van der Waals surface area (Å²) in [5.41, 5.74) is 3.60. The second-order valence-corrected chi connectivity index (χ2v) is 6.34. The number of rotatable bonds is 3. The van der Waals surface area contributed by atoms with E-state index < -0.39 is 0 Å². The van der Waals surface area contributed by atoms with Crippen LogP contribution >= 0.6 is 23.2 Å². The summed E-state index contributed by atoms with van der Waals surface area (Å²) in [6.45, 7) is 0. The van der Waals surface area contributed by atoms with Crippen molar-refractivity contribution in [3.63, 3.8) is 0 Å². The maximum atomic E-state index is 6.20. The minimum absolute atomic E-state index is 0.0133. The van der Waals surface area contributed by atoms with Crippen molar-refractivity contribution in [3.05, 3.63) is 69.2 Å². The van der Waals surface area contributed by atoms with Crippen LogP contribution in [-0.4, -0.2) is 20.3 Å². The number of ether oxygens (including phenoxy) is 2. The van der Waals surface area contributed by atoms with Crippen molar-refractivity contribution in [2.24, 2.45) is 0 Å². The zero-order valence-electron chi connectivity index (χ0n) is 12.6. The molecule has 0 radical (unpaired) electrons. The molecule has 0 aliphatic heterocycles. The Hall–Kier alpha value is -1.06. The molecule has 3 atom stereocenters. The molecule has 0 unspecified atom stereocenters. The van der Waals surface area contributed by atoms with Crippen LogP contribution in [0.25, 0.3) is 0 Å². The van der Waals surface area contributed by atoms with Crippen LogP contribution in [0.2, 0.25) is 10.0 Å². The fourth-order valence-corrected chi connectivity index (χ4v) is 3.62. The van der Waals surface area contributed by atoms with Gasteiger partial charge in [-0.2, -0.15) is 0 Å². The summed E-state index contributed by atoms with van der Waals surface area (Å²) in [5.74, 6) is 0.224. The highest BCUT2D eigenvalue weighted by atomic mass is 35.5. The highest BCUT2D eigenvalue weighted by molar-refractivity contribution is 6.42. The Morgan fingerprint density at radius 3 is 2.27 bits per heavy atom. The van der Waals surface area contributed by atoms with Crippen molar-refractivity contribution in [1.82, 2.24) is 0 Å². The molecular weight excluding hydrogens is 319 g/mol. The van der Waals surface area contributed by atoms with Gasteiger partial charge in [0.2, 0.25) is 0 Å². The van der Waals surface area contributed by atoms with Crippen molar-refractivity contribution in [1.29, 1.82) is 0 Å². The summed E-state index contributed by atoms with van der Waals surface area (Å²) in [4.78, 5) is 0. The van der Waals surface area contributed by atoms with E-state index in [-0.39, 0.29) is 18.1 Å². The minimum Gasteiger partial charge on any atom is -0.378 e. The molecule has 4 heteroatoms. The second kappa shape index (κ2) is 6.59. The van der Waals surface area contributed by atoms with Gasteiger partial charge in [-0.1, -0.05) is 53.5 Å². The normalized spacial score (nSPS) is 24.1. The van der Waals surface area contributed by atoms with Crippen molar-refractivity contribution >= 4 is 23.2 Å². The third-order valence-electron chi connectivity index (χ3n) is 4.39. The van der Waals surface area contributed by atoms with Crippen LogP contribution in [0.1, 0.15) is 35.1 Å². The van der Waals surface area contributed by atoms with E-state index in [4.69, 9.17) is 32.7 Å². The molecule has 0 bridgehead atoms. The lowest BCUT2D eigenvalue weighted by Crippen LogP contribution is -2.31. The van der Waals surface area contributed by atoms with Gasteiger partial charge in [-0.15, -0.1) is 0 Å². The van der Waals surface area contributed by atoms with E-state index >= 15 is 0 Å². The molecule has 1 aliphatic carbocycles. The van der Waals surface area contributed by atoms with Crippen molar-refractivity contribution in [3.8, 4) is 0 Å². The van der Waals surface area contributed by atoms with Gasteiger partial charge < -0.3 is 9.47 Å². The summed E-state index contributed by atoms with van der Waals surface area (Å²) in [6, 6.07) is 14.2. The monoisotopic (exact) mass is 336 g/mol. The van der Waals surface area contributed by atoms with E-state index in [0.29, 0.717) is 10.0 Å². The van der Waals surface area contributed by atoms with Crippen molar-refractivity contribution in [2.45, 2.75) is 24.5 Å². The zero-order valence-corrected chi connectivity index (χ0v) is 14.1. The Labute approximate surface area is 141 Å². The lowest BCUT2D eigenvalue weighted by atomic mass is 9.76. The molecule has 0 fully saturated rings. The van der Waals surface area contributed by atoms with Gasteiger partial charge in [-0.3, -0.25) is 0 Å². The summed E-state index contributed by atoms with van der Waals surface area (Å²) in [7, 11) is 3.46. The van der Waals surface area contributed by atoms with Crippen LogP contribution in [0.4, 0.5) is 0 Å². The van der Waals surface area contributed by atoms with E-state index in [1.54, 1.807) is 14.2 Å². The van der Waals surface area contributed by atoms with Gasteiger partial charge in [-0.05, 0) is 35.2 Å². The van der Waals surface area contributed by atoms with Crippen LogP contribution in [0.3, 0.4) is 0 Å². The molecule has 2 aromatic rings. The fraction of sp³-hybridized carbons (Fsp3) is 0.333. The van der Waals surface area contributed by atoms with Gasteiger partial charge in [0.1, 0.15) is 6.10 Å². The number of benzene rings is 2. The molecule has 22 heavy (non-hydrogen) atoms. The van der Waals surface area contributed by atoms with Gasteiger partial charge >= 0.3 is 0 Å². The van der Waals surface area contributed by atoms with Gasteiger partial charge in [0.05, 0.1) is 16.1 Å². The number of hydrogen-bond donors (Lipinski definition) is 0.